The lowest BCUT2D eigenvalue weighted by molar-refractivity contribution is -0.122. The summed E-state index contributed by atoms with van der Waals surface area (Å²) < 4.78 is 0. The molecule has 1 heterocycles. The molecule has 1 aromatic rings. The van der Waals surface area contributed by atoms with E-state index in [1.165, 1.54) is 5.56 Å². The minimum Gasteiger partial charge on any atom is -0.355 e. The van der Waals surface area contributed by atoms with E-state index in [0.717, 1.165) is 19.5 Å². The van der Waals surface area contributed by atoms with Crippen LogP contribution in [0.4, 0.5) is 0 Å². The van der Waals surface area contributed by atoms with Crippen LogP contribution in [0.2, 0.25) is 0 Å². The number of thiophene rings is 1. The first-order valence-electron chi connectivity index (χ1n) is 5.26. The van der Waals surface area contributed by atoms with Crippen LogP contribution >= 0.6 is 11.3 Å². The summed E-state index contributed by atoms with van der Waals surface area (Å²) in [6.07, 6.45) is 0.975. The Balaban J connectivity index is 2.23. The van der Waals surface area contributed by atoms with E-state index >= 15 is 0 Å². The minimum absolute atomic E-state index is 0.0760. The molecule has 0 spiro atoms. The van der Waals surface area contributed by atoms with E-state index < -0.39 is 0 Å². The van der Waals surface area contributed by atoms with Crippen molar-refractivity contribution in [2.45, 2.75) is 32.9 Å². The number of hydrogen-bond donors (Lipinski definition) is 2. The zero-order valence-electron chi connectivity index (χ0n) is 9.25. The number of hydrogen-bond acceptors (Lipinski definition) is 3. The van der Waals surface area contributed by atoms with E-state index in [1.807, 2.05) is 19.2 Å². The third-order valence-corrected chi connectivity index (χ3v) is 2.87. The maximum absolute atomic E-state index is 11.5. The first-order valence-corrected chi connectivity index (χ1v) is 6.20. The molecule has 0 bridgehead atoms. The van der Waals surface area contributed by atoms with Gasteiger partial charge in [-0.25, -0.2) is 0 Å². The van der Waals surface area contributed by atoms with Crippen LogP contribution in [0.25, 0.3) is 0 Å². The largest absolute Gasteiger partial charge is 0.355 e. The third kappa shape index (κ3) is 4.44. The second-order valence-corrected chi connectivity index (χ2v) is 4.31. The highest BCUT2D eigenvalue weighted by atomic mass is 32.1. The Kier molecular flexibility index (Phi) is 5.36. The summed E-state index contributed by atoms with van der Waals surface area (Å²) in [5.41, 5.74) is 1.23. The van der Waals surface area contributed by atoms with Crippen molar-refractivity contribution in [2.75, 3.05) is 6.54 Å². The zero-order valence-corrected chi connectivity index (χ0v) is 10.1. The SMILES string of the molecule is CCCNC(=O)C(C)NCc1ccsc1. The van der Waals surface area contributed by atoms with Crippen molar-refractivity contribution in [3.8, 4) is 0 Å². The van der Waals surface area contributed by atoms with Crippen LogP contribution < -0.4 is 10.6 Å². The first-order chi connectivity index (χ1) is 7.24. The monoisotopic (exact) mass is 226 g/mol. The summed E-state index contributed by atoms with van der Waals surface area (Å²) in [5, 5.41) is 10.2. The van der Waals surface area contributed by atoms with Crippen molar-refractivity contribution in [1.82, 2.24) is 10.6 Å². The average molecular weight is 226 g/mol. The molecule has 2 N–H and O–H groups in total. The molecule has 0 aliphatic rings. The van der Waals surface area contributed by atoms with Crippen molar-refractivity contribution in [3.05, 3.63) is 22.4 Å². The Morgan fingerprint density at radius 2 is 2.40 bits per heavy atom. The summed E-state index contributed by atoms with van der Waals surface area (Å²) >= 11 is 1.67. The van der Waals surface area contributed by atoms with Gasteiger partial charge in [-0.15, -0.1) is 0 Å². The smallest absolute Gasteiger partial charge is 0.236 e. The van der Waals surface area contributed by atoms with E-state index in [2.05, 4.69) is 22.1 Å². The van der Waals surface area contributed by atoms with Gasteiger partial charge in [-0.2, -0.15) is 11.3 Å². The van der Waals surface area contributed by atoms with Gasteiger partial charge in [-0.3, -0.25) is 4.79 Å². The van der Waals surface area contributed by atoms with Crippen LogP contribution in [0, 0.1) is 0 Å². The lowest BCUT2D eigenvalue weighted by Crippen LogP contribution is -2.41. The fourth-order valence-electron chi connectivity index (χ4n) is 1.16. The van der Waals surface area contributed by atoms with Crippen molar-refractivity contribution < 1.29 is 4.79 Å². The fraction of sp³-hybridized carbons (Fsp3) is 0.545. The number of amides is 1. The van der Waals surface area contributed by atoms with Crippen LogP contribution in [0.5, 0.6) is 0 Å². The second kappa shape index (κ2) is 6.58. The lowest BCUT2D eigenvalue weighted by Gasteiger charge is -2.12. The number of carbonyl (C=O) groups is 1. The molecule has 84 valence electrons. The van der Waals surface area contributed by atoms with Crippen LogP contribution in [0.1, 0.15) is 25.8 Å². The van der Waals surface area contributed by atoms with Gasteiger partial charge in [-0.05, 0) is 35.7 Å². The molecule has 0 radical (unpaired) electrons. The first kappa shape index (κ1) is 12.2. The van der Waals surface area contributed by atoms with E-state index in [1.54, 1.807) is 11.3 Å². The molecule has 0 fully saturated rings. The second-order valence-electron chi connectivity index (χ2n) is 3.53. The van der Waals surface area contributed by atoms with Crippen LogP contribution in [0.15, 0.2) is 16.8 Å². The van der Waals surface area contributed by atoms with Gasteiger partial charge in [0.1, 0.15) is 0 Å². The molecule has 1 atom stereocenters. The Labute approximate surface area is 94.9 Å². The highest BCUT2D eigenvalue weighted by Gasteiger charge is 2.10. The summed E-state index contributed by atoms with van der Waals surface area (Å²) in [6, 6.07) is 1.94. The number of rotatable bonds is 6. The predicted molar refractivity (Wildman–Crippen MR) is 63.9 cm³/mol. The zero-order chi connectivity index (χ0) is 11.1. The standard InChI is InChI=1S/C11H18N2OS/c1-3-5-12-11(14)9(2)13-7-10-4-6-15-8-10/h4,6,8-9,13H,3,5,7H2,1-2H3,(H,12,14). The van der Waals surface area contributed by atoms with Crippen molar-refractivity contribution >= 4 is 17.2 Å². The quantitative estimate of drug-likeness (QED) is 0.776. The van der Waals surface area contributed by atoms with Crippen molar-refractivity contribution in [2.24, 2.45) is 0 Å². The minimum atomic E-state index is -0.128. The molecule has 0 saturated carbocycles. The Bertz CT molecular complexity index is 285. The maximum atomic E-state index is 11.5. The molecular weight excluding hydrogens is 208 g/mol. The molecule has 0 aliphatic carbocycles. The summed E-state index contributed by atoms with van der Waals surface area (Å²) in [7, 11) is 0. The highest BCUT2D eigenvalue weighted by molar-refractivity contribution is 7.07. The van der Waals surface area contributed by atoms with Gasteiger partial charge in [0.2, 0.25) is 5.91 Å². The normalized spacial score (nSPS) is 12.4. The summed E-state index contributed by atoms with van der Waals surface area (Å²) in [4.78, 5) is 11.5. The number of nitrogens with one attached hydrogen (secondary N) is 2. The molecule has 4 heteroatoms. The molecular formula is C11H18N2OS. The Hall–Kier alpha value is -0.870. The van der Waals surface area contributed by atoms with Gasteiger partial charge >= 0.3 is 0 Å². The van der Waals surface area contributed by atoms with Gasteiger partial charge in [0, 0.05) is 13.1 Å². The Morgan fingerprint density at radius 3 is 3.00 bits per heavy atom. The van der Waals surface area contributed by atoms with Crippen molar-refractivity contribution in [3.63, 3.8) is 0 Å². The predicted octanol–water partition coefficient (Wildman–Crippen LogP) is 1.75. The van der Waals surface area contributed by atoms with Crippen LogP contribution in [-0.4, -0.2) is 18.5 Å². The molecule has 0 saturated heterocycles. The van der Waals surface area contributed by atoms with Gasteiger partial charge in [0.15, 0.2) is 0 Å². The van der Waals surface area contributed by atoms with Gasteiger partial charge < -0.3 is 10.6 Å². The lowest BCUT2D eigenvalue weighted by atomic mass is 10.2. The molecule has 1 aromatic heterocycles. The fourth-order valence-corrected chi connectivity index (χ4v) is 1.83. The molecule has 0 aliphatic heterocycles. The molecule has 1 rings (SSSR count). The maximum Gasteiger partial charge on any atom is 0.236 e. The summed E-state index contributed by atoms with van der Waals surface area (Å²) in [5.74, 6) is 0.0760. The average Bonchev–Trinajstić information content (AvgIpc) is 2.75. The van der Waals surface area contributed by atoms with E-state index in [-0.39, 0.29) is 11.9 Å². The van der Waals surface area contributed by atoms with Gasteiger partial charge in [0.25, 0.3) is 0 Å². The van der Waals surface area contributed by atoms with E-state index in [9.17, 15) is 4.79 Å². The molecule has 15 heavy (non-hydrogen) atoms. The molecule has 3 nitrogen and oxygen atoms in total. The topological polar surface area (TPSA) is 41.1 Å². The molecule has 1 unspecified atom stereocenters. The number of carbonyl (C=O) groups excluding carboxylic acids is 1. The summed E-state index contributed by atoms with van der Waals surface area (Å²) in [6.45, 7) is 5.44. The van der Waals surface area contributed by atoms with E-state index in [4.69, 9.17) is 0 Å². The van der Waals surface area contributed by atoms with E-state index in [0.29, 0.717) is 0 Å². The van der Waals surface area contributed by atoms with Gasteiger partial charge in [-0.1, -0.05) is 6.92 Å². The van der Waals surface area contributed by atoms with Crippen LogP contribution in [0.3, 0.4) is 0 Å². The highest BCUT2D eigenvalue weighted by Crippen LogP contribution is 2.05. The van der Waals surface area contributed by atoms with Crippen LogP contribution in [-0.2, 0) is 11.3 Å². The van der Waals surface area contributed by atoms with Crippen molar-refractivity contribution in [1.29, 1.82) is 0 Å². The Morgan fingerprint density at radius 1 is 1.60 bits per heavy atom. The van der Waals surface area contributed by atoms with Gasteiger partial charge in [0.05, 0.1) is 6.04 Å². The third-order valence-electron chi connectivity index (χ3n) is 2.13. The molecule has 0 aromatic carbocycles. The molecule has 1 amide bonds.